The van der Waals surface area contributed by atoms with Crippen LogP contribution < -0.4 is 16.2 Å². The van der Waals surface area contributed by atoms with Gasteiger partial charge in [0.2, 0.25) is 10.9 Å². The maximum atomic E-state index is 11.7. The van der Waals surface area contributed by atoms with Gasteiger partial charge in [-0.2, -0.15) is 0 Å². The fourth-order valence-electron chi connectivity index (χ4n) is 2.92. The predicted molar refractivity (Wildman–Crippen MR) is 94.8 cm³/mol. The molecule has 4 nitrogen and oxygen atoms in total. The Morgan fingerprint density at radius 3 is 2.00 bits per heavy atom. The lowest BCUT2D eigenvalue weighted by atomic mass is 9.82. The van der Waals surface area contributed by atoms with Gasteiger partial charge in [0.25, 0.3) is 0 Å². The first-order valence-corrected chi connectivity index (χ1v) is 8.62. The first kappa shape index (κ1) is 18.9. The van der Waals surface area contributed by atoms with E-state index < -0.39 is 0 Å². The van der Waals surface area contributed by atoms with E-state index >= 15 is 0 Å². The van der Waals surface area contributed by atoms with E-state index in [4.69, 9.17) is 0 Å². The summed E-state index contributed by atoms with van der Waals surface area (Å²) in [6.07, 6.45) is 4.52. The Balaban J connectivity index is 2.39. The Kier molecular flexibility index (Phi) is 7.27. The van der Waals surface area contributed by atoms with Crippen LogP contribution in [0.3, 0.4) is 0 Å². The molecule has 1 N–H and O–H groups in total. The van der Waals surface area contributed by atoms with E-state index in [2.05, 4.69) is 24.1 Å². The van der Waals surface area contributed by atoms with Crippen LogP contribution >= 0.6 is 0 Å². The fraction of sp³-hybridized carbons (Fsp3) is 0.778. The summed E-state index contributed by atoms with van der Waals surface area (Å²) >= 11 is 0. The van der Waals surface area contributed by atoms with E-state index in [1.165, 1.54) is 12.8 Å². The summed E-state index contributed by atoms with van der Waals surface area (Å²) in [6.45, 7) is 14.5. The van der Waals surface area contributed by atoms with Crippen molar-refractivity contribution in [2.45, 2.75) is 65.7 Å². The summed E-state index contributed by atoms with van der Waals surface area (Å²) in [4.78, 5) is 25.9. The topological polar surface area (TPSA) is 49.4 Å². The minimum Gasteiger partial charge on any atom is -0.381 e. The van der Waals surface area contributed by atoms with Gasteiger partial charge in [0.05, 0.1) is 5.69 Å². The monoisotopic (exact) mass is 308 g/mol. The summed E-state index contributed by atoms with van der Waals surface area (Å²) in [5, 5.41) is 3.18. The van der Waals surface area contributed by atoms with Gasteiger partial charge in [-0.25, -0.2) is 0 Å². The predicted octanol–water partition coefficient (Wildman–Crippen LogP) is 2.89. The smallest absolute Gasteiger partial charge is 0.249 e. The molecule has 22 heavy (non-hydrogen) atoms. The van der Waals surface area contributed by atoms with Crippen LogP contribution in [0, 0.1) is 0 Å². The molecule has 1 aromatic rings. The van der Waals surface area contributed by atoms with Crippen molar-refractivity contribution in [2.24, 2.45) is 0 Å². The third-order valence-electron chi connectivity index (χ3n) is 3.94. The second kappa shape index (κ2) is 8.47. The highest BCUT2D eigenvalue weighted by molar-refractivity contribution is 5.59. The van der Waals surface area contributed by atoms with Gasteiger partial charge in [0, 0.05) is 12.1 Å². The molecule has 0 atom stereocenters. The third-order valence-corrected chi connectivity index (χ3v) is 3.94. The molecule has 4 heteroatoms. The Bertz CT molecular complexity index is 516. The molecule has 0 unspecified atom stereocenters. The molecule has 0 fully saturated rings. The summed E-state index contributed by atoms with van der Waals surface area (Å²) in [6, 6.07) is 0. The molecule has 0 saturated heterocycles. The van der Waals surface area contributed by atoms with E-state index in [0.29, 0.717) is 11.3 Å². The van der Waals surface area contributed by atoms with Crippen molar-refractivity contribution >= 4 is 5.69 Å². The van der Waals surface area contributed by atoms with E-state index in [9.17, 15) is 9.59 Å². The number of rotatable bonds is 10. The zero-order valence-electron chi connectivity index (χ0n) is 14.9. The van der Waals surface area contributed by atoms with Gasteiger partial charge >= 0.3 is 0 Å². The SMILES string of the molecule is CCCN(CCC)CCCCNc1c(C(C)(C)C)c(=O)c1=O. The molecule has 0 heterocycles. The first-order chi connectivity index (χ1) is 10.3. The average molecular weight is 308 g/mol. The molecule has 0 saturated carbocycles. The number of nitrogens with zero attached hydrogens (tertiary/aromatic N) is 1. The maximum Gasteiger partial charge on any atom is 0.249 e. The largest absolute Gasteiger partial charge is 0.381 e. The highest BCUT2D eigenvalue weighted by Gasteiger charge is 2.29. The molecule has 1 rings (SSSR count). The molecule has 0 amide bonds. The molecular weight excluding hydrogens is 276 g/mol. The Morgan fingerprint density at radius 1 is 0.909 bits per heavy atom. The normalized spacial score (nSPS) is 12.3. The molecule has 0 aromatic heterocycles. The number of hydrogen-bond donors (Lipinski definition) is 1. The second-order valence-corrected chi connectivity index (χ2v) is 7.13. The highest BCUT2D eigenvalue weighted by Crippen LogP contribution is 2.25. The Labute approximate surface area is 134 Å². The maximum absolute atomic E-state index is 11.7. The molecule has 0 bridgehead atoms. The lowest BCUT2D eigenvalue weighted by Crippen LogP contribution is -2.43. The third kappa shape index (κ3) is 4.94. The van der Waals surface area contributed by atoms with Crippen LogP contribution in [0.2, 0.25) is 0 Å². The molecule has 0 radical (unpaired) electrons. The molecule has 126 valence electrons. The number of anilines is 1. The van der Waals surface area contributed by atoms with Crippen molar-refractivity contribution in [3.8, 4) is 0 Å². The molecule has 0 spiro atoms. The second-order valence-electron chi connectivity index (χ2n) is 7.13. The van der Waals surface area contributed by atoms with Crippen molar-refractivity contribution in [1.82, 2.24) is 4.90 Å². The average Bonchev–Trinajstić information content (AvgIpc) is 2.44. The lowest BCUT2D eigenvalue weighted by molar-refractivity contribution is 0.270. The van der Waals surface area contributed by atoms with Crippen LogP contribution in [0.4, 0.5) is 5.69 Å². The van der Waals surface area contributed by atoms with Crippen LogP contribution in [0.25, 0.3) is 0 Å². The van der Waals surface area contributed by atoms with Gasteiger partial charge in [-0.15, -0.1) is 0 Å². The van der Waals surface area contributed by atoms with Crippen molar-refractivity contribution in [2.75, 3.05) is 31.5 Å². The Hall–Kier alpha value is -1.16. The van der Waals surface area contributed by atoms with Crippen LogP contribution in [-0.2, 0) is 5.41 Å². The van der Waals surface area contributed by atoms with Crippen LogP contribution in [0.15, 0.2) is 9.59 Å². The number of unbranched alkanes of at least 4 members (excludes halogenated alkanes) is 1. The summed E-state index contributed by atoms with van der Waals surface area (Å²) in [5.74, 6) is 0. The minimum absolute atomic E-state index is 0.258. The van der Waals surface area contributed by atoms with Crippen molar-refractivity contribution in [3.63, 3.8) is 0 Å². The molecule has 0 aliphatic carbocycles. The summed E-state index contributed by atoms with van der Waals surface area (Å²) in [7, 11) is 0. The van der Waals surface area contributed by atoms with Crippen LogP contribution in [0.5, 0.6) is 0 Å². The zero-order valence-corrected chi connectivity index (χ0v) is 14.9. The van der Waals surface area contributed by atoms with Crippen molar-refractivity contribution in [3.05, 3.63) is 26.0 Å². The van der Waals surface area contributed by atoms with Gasteiger partial charge in [0.15, 0.2) is 0 Å². The van der Waals surface area contributed by atoms with Crippen molar-refractivity contribution < 1.29 is 0 Å². The highest BCUT2D eigenvalue weighted by atomic mass is 16.2. The Morgan fingerprint density at radius 2 is 1.50 bits per heavy atom. The van der Waals surface area contributed by atoms with Gasteiger partial charge in [-0.1, -0.05) is 34.6 Å². The standard InChI is InChI=1S/C18H32N2O2/c1-6-11-20(12-7-2)13-9-8-10-19-15-14(18(3,4)5)16(21)17(15)22/h19H,6-13H2,1-5H3. The zero-order chi connectivity index (χ0) is 16.8. The fourth-order valence-corrected chi connectivity index (χ4v) is 2.92. The van der Waals surface area contributed by atoms with Gasteiger partial charge in [-0.05, 0) is 50.7 Å². The van der Waals surface area contributed by atoms with Crippen molar-refractivity contribution in [1.29, 1.82) is 0 Å². The minimum atomic E-state index is -0.344. The van der Waals surface area contributed by atoms with E-state index in [-0.39, 0.29) is 16.3 Å². The molecule has 0 aliphatic rings. The van der Waals surface area contributed by atoms with Crippen LogP contribution in [0.1, 0.15) is 65.9 Å². The number of hydrogen-bond acceptors (Lipinski definition) is 4. The van der Waals surface area contributed by atoms with E-state index in [1.807, 2.05) is 20.8 Å². The van der Waals surface area contributed by atoms with Gasteiger partial charge in [0.1, 0.15) is 0 Å². The van der Waals surface area contributed by atoms with E-state index in [0.717, 1.165) is 39.0 Å². The molecular formula is C18H32N2O2. The summed E-state index contributed by atoms with van der Waals surface area (Å²) in [5.41, 5.74) is 0.301. The van der Waals surface area contributed by atoms with Crippen LogP contribution in [-0.4, -0.2) is 31.1 Å². The first-order valence-electron chi connectivity index (χ1n) is 8.62. The van der Waals surface area contributed by atoms with Gasteiger partial charge < -0.3 is 10.2 Å². The molecule has 1 aromatic carbocycles. The quantitative estimate of drug-likeness (QED) is 0.533. The lowest BCUT2D eigenvalue weighted by Gasteiger charge is -2.24. The van der Waals surface area contributed by atoms with E-state index in [1.54, 1.807) is 0 Å². The summed E-state index contributed by atoms with van der Waals surface area (Å²) < 4.78 is 0. The molecule has 0 aliphatic heterocycles. The van der Waals surface area contributed by atoms with Gasteiger partial charge in [-0.3, -0.25) is 9.59 Å². The number of nitrogens with one attached hydrogen (secondary N) is 1.